The van der Waals surface area contributed by atoms with Crippen LogP contribution in [0.1, 0.15) is 18.1 Å². The van der Waals surface area contributed by atoms with Gasteiger partial charge in [-0.1, -0.05) is 12.1 Å². The lowest BCUT2D eigenvalue weighted by Crippen LogP contribution is -2.36. The number of rotatable bonds is 9. The predicted octanol–water partition coefficient (Wildman–Crippen LogP) is 5.76. The van der Waals surface area contributed by atoms with Crippen molar-refractivity contribution in [2.24, 2.45) is 4.99 Å². The smallest absolute Gasteiger partial charge is 0.269 e. The largest absolute Gasteiger partial charge is 0.490 e. The van der Waals surface area contributed by atoms with Crippen molar-refractivity contribution < 1.29 is 19.1 Å². The fourth-order valence-electron chi connectivity index (χ4n) is 3.70. The van der Waals surface area contributed by atoms with Crippen molar-refractivity contribution in [1.29, 1.82) is 0 Å². The SMILES string of the molecule is CCOc1cc(C=Nc2ccc(N3CCOCC3)cc2)cc(I)c1OCc1cccc([N+](=O)[O-])c1. The van der Waals surface area contributed by atoms with E-state index in [1.54, 1.807) is 18.3 Å². The molecule has 1 aliphatic rings. The number of ether oxygens (including phenoxy) is 3. The van der Waals surface area contributed by atoms with Crippen molar-refractivity contribution in [3.8, 4) is 11.5 Å². The van der Waals surface area contributed by atoms with E-state index in [0.717, 1.165) is 41.1 Å². The lowest BCUT2D eigenvalue weighted by molar-refractivity contribution is -0.384. The molecule has 182 valence electrons. The lowest BCUT2D eigenvalue weighted by atomic mass is 10.2. The topological polar surface area (TPSA) is 86.4 Å². The van der Waals surface area contributed by atoms with Gasteiger partial charge in [-0.05, 0) is 77.0 Å². The molecular formula is C26H26IN3O5. The Bertz CT molecular complexity index is 1190. The number of non-ortho nitro benzene ring substituents is 1. The van der Waals surface area contributed by atoms with Crippen LogP contribution in [0, 0.1) is 13.7 Å². The molecule has 1 saturated heterocycles. The van der Waals surface area contributed by atoms with Gasteiger partial charge in [0.2, 0.25) is 0 Å². The summed E-state index contributed by atoms with van der Waals surface area (Å²) in [6.07, 6.45) is 1.80. The number of hydrogen-bond acceptors (Lipinski definition) is 7. The molecule has 0 bridgehead atoms. The maximum atomic E-state index is 11.0. The Morgan fingerprint density at radius 1 is 1.11 bits per heavy atom. The fraction of sp³-hybridized carbons (Fsp3) is 0.269. The summed E-state index contributed by atoms with van der Waals surface area (Å²) in [6, 6.07) is 18.5. The van der Waals surface area contributed by atoms with Crippen molar-refractivity contribution in [3.05, 3.63) is 85.5 Å². The van der Waals surface area contributed by atoms with Crippen LogP contribution in [0.4, 0.5) is 17.1 Å². The quantitative estimate of drug-likeness (QED) is 0.137. The van der Waals surface area contributed by atoms with E-state index in [9.17, 15) is 10.1 Å². The maximum absolute atomic E-state index is 11.0. The number of halogens is 1. The molecule has 3 aromatic rings. The number of nitro groups is 1. The van der Waals surface area contributed by atoms with Crippen LogP contribution in [0.2, 0.25) is 0 Å². The summed E-state index contributed by atoms with van der Waals surface area (Å²) in [5.74, 6) is 1.21. The molecule has 0 radical (unpaired) electrons. The van der Waals surface area contributed by atoms with Gasteiger partial charge in [-0.25, -0.2) is 0 Å². The van der Waals surface area contributed by atoms with Crippen molar-refractivity contribution >= 4 is 45.9 Å². The lowest BCUT2D eigenvalue weighted by Gasteiger charge is -2.28. The van der Waals surface area contributed by atoms with Crippen LogP contribution in [-0.2, 0) is 11.3 Å². The highest BCUT2D eigenvalue weighted by Gasteiger charge is 2.14. The monoisotopic (exact) mass is 587 g/mol. The number of nitro benzene ring substituents is 1. The molecule has 0 spiro atoms. The van der Waals surface area contributed by atoms with Crippen LogP contribution in [0.25, 0.3) is 0 Å². The van der Waals surface area contributed by atoms with Crippen LogP contribution in [0.3, 0.4) is 0 Å². The van der Waals surface area contributed by atoms with E-state index in [2.05, 4.69) is 44.6 Å². The molecule has 1 heterocycles. The van der Waals surface area contributed by atoms with Gasteiger partial charge in [-0.3, -0.25) is 15.1 Å². The van der Waals surface area contributed by atoms with Crippen LogP contribution in [0.15, 0.2) is 65.7 Å². The summed E-state index contributed by atoms with van der Waals surface area (Å²) >= 11 is 2.20. The molecule has 3 aromatic carbocycles. The molecule has 9 heteroatoms. The summed E-state index contributed by atoms with van der Waals surface area (Å²) in [7, 11) is 0. The second kappa shape index (κ2) is 12.0. The van der Waals surface area contributed by atoms with E-state index in [1.807, 2.05) is 31.2 Å². The standard InChI is InChI=1S/C26H26IN3O5/c1-2-34-25-16-20(17-28-21-6-8-22(9-7-21)29-10-12-33-13-11-29)15-24(27)26(25)35-18-19-4-3-5-23(14-19)30(31)32/h3-9,14-17H,2,10-13,18H2,1H3. The second-order valence-corrected chi connectivity index (χ2v) is 9.01. The zero-order valence-electron chi connectivity index (χ0n) is 19.4. The molecule has 0 unspecified atom stereocenters. The van der Waals surface area contributed by atoms with Crippen molar-refractivity contribution in [3.63, 3.8) is 0 Å². The highest BCUT2D eigenvalue weighted by atomic mass is 127. The molecule has 0 aromatic heterocycles. The minimum absolute atomic E-state index is 0.0374. The van der Waals surface area contributed by atoms with Crippen LogP contribution >= 0.6 is 22.6 Å². The van der Waals surface area contributed by atoms with E-state index in [1.165, 1.54) is 17.8 Å². The molecule has 0 N–H and O–H groups in total. The van der Waals surface area contributed by atoms with Gasteiger partial charge >= 0.3 is 0 Å². The maximum Gasteiger partial charge on any atom is 0.269 e. The first-order valence-corrected chi connectivity index (χ1v) is 12.4. The van der Waals surface area contributed by atoms with Gasteiger partial charge in [0.1, 0.15) is 6.61 Å². The van der Waals surface area contributed by atoms with Gasteiger partial charge in [0, 0.05) is 37.1 Å². The van der Waals surface area contributed by atoms with Crippen LogP contribution < -0.4 is 14.4 Å². The first-order chi connectivity index (χ1) is 17.0. The Morgan fingerprint density at radius 3 is 2.60 bits per heavy atom. The third-order valence-electron chi connectivity index (χ3n) is 5.42. The van der Waals surface area contributed by atoms with Gasteiger partial charge < -0.3 is 19.1 Å². The zero-order valence-corrected chi connectivity index (χ0v) is 21.5. The van der Waals surface area contributed by atoms with Gasteiger partial charge in [0.25, 0.3) is 5.69 Å². The normalized spacial score (nSPS) is 13.7. The molecule has 0 aliphatic carbocycles. The third-order valence-corrected chi connectivity index (χ3v) is 6.23. The van der Waals surface area contributed by atoms with E-state index in [0.29, 0.717) is 23.7 Å². The molecule has 0 atom stereocenters. The van der Waals surface area contributed by atoms with Crippen molar-refractivity contribution in [2.75, 3.05) is 37.8 Å². The third kappa shape index (κ3) is 6.70. The molecule has 35 heavy (non-hydrogen) atoms. The summed E-state index contributed by atoms with van der Waals surface area (Å²) in [5.41, 5.74) is 3.67. The Kier molecular flexibility index (Phi) is 8.54. The van der Waals surface area contributed by atoms with E-state index < -0.39 is 4.92 Å². The first-order valence-electron chi connectivity index (χ1n) is 11.3. The zero-order chi connectivity index (χ0) is 24.6. The number of anilines is 1. The minimum atomic E-state index is -0.414. The molecule has 1 fully saturated rings. The average molecular weight is 587 g/mol. The Morgan fingerprint density at radius 2 is 1.89 bits per heavy atom. The van der Waals surface area contributed by atoms with Crippen LogP contribution in [-0.4, -0.2) is 44.0 Å². The fourth-order valence-corrected chi connectivity index (χ4v) is 4.48. The molecular weight excluding hydrogens is 561 g/mol. The Balaban J connectivity index is 1.47. The van der Waals surface area contributed by atoms with E-state index >= 15 is 0 Å². The molecule has 4 rings (SSSR count). The summed E-state index contributed by atoms with van der Waals surface area (Å²) in [6.45, 7) is 5.90. The summed E-state index contributed by atoms with van der Waals surface area (Å²) in [4.78, 5) is 17.6. The van der Waals surface area contributed by atoms with E-state index in [-0.39, 0.29) is 12.3 Å². The van der Waals surface area contributed by atoms with Crippen LogP contribution in [0.5, 0.6) is 11.5 Å². The Labute approximate surface area is 217 Å². The summed E-state index contributed by atoms with van der Waals surface area (Å²) in [5, 5.41) is 11.0. The molecule has 1 aliphatic heterocycles. The second-order valence-electron chi connectivity index (χ2n) is 7.85. The number of aliphatic imine (C=N–C) groups is 1. The van der Waals surface area contributed by atoms with Gasteiger partial charge in [-0.2, -0.15) is 0 Å². The van der Waals surface area contributed by atoms with Gasteiger partial charge in [-0.15, -0.1) is 0 Å². The first kappa shape index (κ1) is 24.9. The Hall–Kier alpha value is -3.18. The average Bonchev–Trinajstić information content (AvgIpc) is 2.88. The number of nitrogens with zero attached hydrogens (tertiary/aromatic N) is 3. The highest BCUT2D eigenvalue weighted by molar-refractivity contribution is 14.1. The van der Waals surface area contributed by atoms with Gasteiger partial charge in [0.15, 0.2) is 11.5 Å². The molecule has 0 amide bonds. The molecule has 8 nitrogen and oxygen atoms in total. The van der Waals surface area contributed by atoms with Gasteiger partial charge in [0.05, 0.1) is 34.0 Å². The number of benzene rings is 3. The summed E-state index contributed by atoms with van der Waals surface area (Å²) < 4.78 is 18.1. The van der Waals surface area contributed by atoms with E-state index in [4.69, 9.17) is 14.2 Å². The van der Waals surface area contributed by atoms with Crippen molar-refractivity contribution in [1.82, 2.24) is 0 Å². The number of morpholine rings is 1. The predicted molar refractivity (Wildman–Crippen MR) is 144 cm³/mol. The minimum Gasteiger partial charge on any atom is -0.490 e. The molecule has 0 saturated carbocycles. The van der Waals surface area contributed by atoms with Crippen molar-refractivity contribution in [2.45, 2.75) is 13.5 Å². The highest BCUT2D eigenvalue weighted by Crippen LogP contribution is 2.35. The number of hydrogen-bond donors (Lipinski definition) is 0.